The quantitative estimate of drug-likeness (QED) is 0.163. The Labute approximate surface area is 289 Å². The van der Waals surface area contributed by atoms with Gasteiger partial charge < -0.3 is 24.4 Å². The van der Waals surface area contributed by atoms with Crippen LogP contribution in [0.15, 0.2) is 60.8 Å². The number of thiazole rings is 1. The molecule has 1 saturated heterocycles. The van der Waals surface area contributed by atoms with Crippen molar-refractivity contribution in [3.8, 4) is 17.2 Å². The molecule has 0 saturated carbocycles. The van der Waals surface area contributed by atoms with Crippen LogP contribution in [-0.4, -0.2) is 68.5 Å². The molecule has 6 rings (SSSR count). The SMILES string of the molecule is COc1ccc(Cn2nc(N[C@@H]3CCCN(C(=O)OC(C)(C)C)C3)c3c(Oc4ccc(C(=O)Nc5nc(C)c(C)s5)cc4)ccnc32)cc1. The number of hydrogen-bond acceptors (Lipinski definition) is 10. The van der Waals surface area contributed by atoms with Crippen molar-refractivity contribution in [3.63, 3.8) is 0 Å². The summed E-state index contributed by atoms with van der Waals surface area (Å²) in [6.45, 7) is 11.1. The topological polar surface area (TPSA) is 133 Å². The van der Waals surface area contributed by atoms with Crippen molar-refractivity contribution in [1.29, 1.82) is 0 Å². The van der Waals surface area contributed by atoms with Gasteiger partial charge in [0.25, 0.3) is 5.91 Å². The van der Waals surface area contributed by atoms with E-state index in [4.69, 9.17) is 24.3 Å². The van der Waals surface area contributed by atoms with Gasteiger partial charge in [0.05, 0.1) is 19.3 Å². The highest BCUT2D eigenvalue weighted by Crippen LogP contribution is 2.35. The van der Waals surface area contributed by atoms with Gasteiger partial charge in [-0.3, -0.25) is 10.1 Å². The van der Waals surface area contributed by atoms with E-state index in [0.717, 1.165) is 34.7 Å². The van der Waals surface area contributed by atoms with E-state index in [1.165, 1.54) is 11.3 Å². The second kappa shape index (κ2) is 14.1. The summed E-state index contributed by atoms with van der Waals surface area (Å²) in [5.41, 5.74) is 2.47. The Kier molecular flexibility index (Phi) is 9.72. The van der Waals surface area contributed by atoms with E-state index in [0.29, 0.717) is 58.7 Å². The standard InChI is InChI=1S/C36H41N7O5S/c1-22-23(2)49-34(38-22)40-33(44)25-11-15-28(16-12-25)47-29-17-18-37-32-30(29)31(41-43(32)20-24-9-13-27(46-6)14-10-24)39-26-8-7-19-42(21-26)35(45)48-36(3,4)5/h9-18,26H,7-8,19-21H2,1-6H3,(H,39,41)(H,38,40,44)/t26-/m1/s1. The van der Waals surface area contributed by atoms with Crippen LogP contribution in [0.3, 0.4) is 0 Å². The molecule has 1 aliphatic rings. The lowest BCUT2D eigenvalue weighted by atomic mass is 10.1. The number of aryl methyl sites for hydroxylation is 2. The summed E-state index contributed by atoms with van der Waals surface area (Å²) in [5.74, 6) is 2.24. The van der Waals surface area contributed by atoms with E-state index in [1.54, 1.807) is 48.5 Å². The summed E-state index contributed by atoms with van der Waals surface area (Å²) < 4.78 is 19.3. The second-order valence-corrected chi connectivity index (χ2v) is 14.2. The summed E-state index contributed by atoms with van der Waals surface area (Å²) in [6.07, 6.45) is 3.04. The smallest absolute Gasteiger partial charge is 0.410 e. The van der Waals surface area contributed by atoms with Crippen molar-refractivity contribution >= 4 is 45.3 Å². The average Bonchev–Trinajstić information content (AvgIpc) is 3.58. The van der Waals surface area contributed by atoms with Crippen molar-refractivity contribution in [3.05, 3.63) is 82.5 Å². The Morgan fingerprint density at radius 2 is 1.76 bits per heavy atom. The van der Waals surface area contributed by atoms with E-state index in [-0.39, 0.29) is 18.0 Å². The second-order valence-electron chi connectivity index (χ2n) is 13.0. The highest BCUT2D eigenvalue weighted by atomic mass is 32.1. The summed E-state index contributed by atoms with van der Waals surface area (Å²) in [6, 6.07) is 16.5. The van der Waals surface area contributed by atoms with Crippen LogP contribution in [0.2, 0.25) is 0 Å². The van der Waals surface area contributed by atoms with E-state index < -0.39 is 5.60 Å². The third-order valence-corrected chi connectivity index (χ3v) is 9.08. The van der Waals surface area contributed by atoms with Crippen LogP contribution in [0.25, 0.3) is 11.0 Å². The van der Waals surface area contributed by atoms with Crippen molar-refractivity contribution in [1.82, 2.24) is 24.6 Å². The van der Waals surface area contributed by atoms with Gasteiger partial charge >= 0.3 is 6.09 Å². The molecule has 1 atom stereocenters. The molecular formula is C36H41N7O5S. The summed E-state index contributed by atoms with van der Waals surface area (Å²) in [5, 5.41) is 12.7. The predicted octanol–water partition coefficient (Wildman–Crippen LogP) is 7.42. The third kappa shape index (κ3) is 8.11. The lowest BCUT2D eigenvalue weighted by molar-refractivity contribution is 0.0206. The van der Waals surface area contributed by atoms with Gasteiger partial charge in [0.2, 0.25) is 0 Å². The first-order chi connectivity index (χ1) is 23.5. The first-order valence-electron chi connectivity index (χ1n) is 16.2. The van der Waals surface area contributed by atoms with Crippen molar-refractivity contribution in [2.75, 3.05) is 30.8 Å². The molecule has 2 N–H and O–H groups in total. The number of likely N-dealkylation sites (tertiary alicyclic amines) is 1. The van der Waals surface area contributed by atoms with E-state index in [2.05, 4.69) is 15.6 Å². The molecule has 0 bridgehead atoms. The first kappa shape index (κ1) is 33.7. The van der Waals surface area contributed by atoms with Crippen LogP contribution in [0.1, 0.15) is 60.1 Å². The van der Waals surface area contributed by atoms with Gasteiger partial charge in [-0.25, -0.2) is 19.4 Å². The molecule has 12 nitrogen and oxygen atoms in total. The minimum Gasteiger partial charge on any atom is -0.497 e. The molecule has 0 radical (unpaired) electrons. The van der Waals surface area contributed by atoms with Gasteiger partial charge in [-0.2, -0.15) is 5.10 Å². The number of amides is 2. The molecule has 0 aliphatic carbocycles. The number of nitrogens with one attached hydrogen (secondary N) is 2. The van der Waals surface area contributed by atoms with E-state index in [9.17, 15) is 9.59 Å². The number of nitrogens with zero attached hydrogens (tertiary/aromatic N) is 5. The maximum Gasteiger partial charge on any atom is 0.410 e. The Hall–Kier alpha value is -5.17. The molecule has 2 amide bonds. The summed E-state index contributed by atoms with van der Waals surface area (Å²) in [7, 11) is 1.64. The van der Waals surface area contributed by atoms with Crippen LogP contribution in [-0.2, 0) is 11.3 Å². The molecule has 1 aliphatic heterocycles. The molecule has 0 unspecified atom stereocenters. The Morgan fingerprint density at radius 1 is 1.02 bits per heavy atom. The van der Waals surface area contributed by atoms with Gasteiger partial charge in [0.15, 0.2) is 16.6 Å². The maximum atomic E-state index is 12.9. The fraction of sp³-hybridized carbons (Fsp3) is 0.361. The van der Waals surface area contributed by atoms with Gasteiger partial charge in [0.1, 0.15) is 28.2 Å². The van der Waals surface area contributed by atoms with Crippen molar-refractivity contribution in [2.45, 2.75) is 65.6 Å². The number of benzene rings is 2. The van der Waals surface area contributed by atoms with Crippen molar-refractivity contribution in [2.24, 2.45) is 0 Å². The number of rotatable bonds is 9. The molecule has 1 fully saturated rings. The maximum absolute atomic E-state index is 12.9. The molecule has 0 spiro atoms. The fourth-order valence-electron chi connectivity index (χ4n) is 5.55. The van der Waals surface area contributed by atoms with Crippen LogP contribution in [0.5, 0.6) is 17.2 Å². The number of fused-ring (bicyclic) bond motifs is 1. The zero-order valence-corrected chi connectivity index (χ0v) is 29.4. The lowest BCUT2D eigenvalue weighted by Gasteiger charge is -2.34. The number of hydrogen-bond donors (Lipinski definition) is 2. The zero-order chi connectivity index (χ0) is 34.7. The molecule has 49 heavy (non-hydrogen) atoms. The molecule has 4 heterocycles. The molecule has 3 aromatic heterocycles. The van der Waals surface area contributed by atoms with Crippen molar-refractivity contribution < 1.29 is 23.8 Å². The Balaban J connectivity index is 1.27. The van der Waals surface area contributed by atoms with Gasteiger partial charge in [-0.05, 0) is 89.4 Å². The third-order valence-electron chi connectivity index (χ3n) is 8.09. The van der Waals surface area contributed by atoms with Gasteiger partial charge in [0, 0.05) is 41.8 Å². The first-order valence-corrected chi connectivity index (χ1v) is 17.0. The Morgan fingerprint density at radius 3 is 2.43 bits per heavy atom. The minimum absolute atomic E-state index is 0.0648. The van der Waals surface area contributed by atoms with Crippen LogP contribution in [0.4, 0.5) is 15.7 Å². The zero-order valence-electron chi connectivity index (χ0n) is 28.6. The molecule has 5 aromatic rings. The van der Waals surface area contributed by atoms with Crippen LogP contribution in [0, 0.1) is 13.8 Å². The predicted molar refractivity (Wildman–Crippen MR) is 190 cm³/mol. The summed E-state index contributed by atoms with van der Waals surface area (Å²) in [4.78, 5) is 37.7. The number of aromatic nitrogens is 4. The fourth-order valence-corrected chi connectivity index (χ4v) is 6.36. The average molecular weight is 684 g/mol. The lowest BCUT2D eigenvalue weighted by Crippen LogP contribution is -2.47. The number of anilines is 2. The van der Waals surface area contributed by atoms with Crippen LogP contribution < -0.4 is 20.1 Å². The number of carbonyl (C=O) groups is 2. The van der Waals surface area contributed by atoms with E-state index in [1.807, 2.05) is 63.6 Å². The molecule has 13 heteroatoms. The highest BCUT2D eigenvalue weighted by molar-refractivity contribution is 7.15. The van der Waals surface area contributed by atoms with Gasteiger partial charge in [-0.1, -0.05) is 12.1 Å². The summed E-state index contributed by atoms with van der Waals surface area (Å²) >= 11 is 1.45. The van der Waals surface area contributed by atoms with E-state index >= 15 is 0 Å². The number of carbonyl (C=O) groups excluding carboxylic acids is 2. The molecule has 2 aromatic carbocycles. The number of piperidine rings is 1. The highest BCUT2D eigenvalue weighted by Gasteiger charge is 2.29. The minimum atomic E-state index is -0.576. The number of methoxy groups -OCH3 is 1. The number of pyridine rings is 1. The van der Waals surface area contributed by atoms with Crippen LogP contribution >= 0.6 is 11.3 Å². The Bertz CT molecular complexity index is 1930. The number of ether oxygens (including phenoxy) is 3. The molecular weight excluding hydrogens is 643 g/mol. The van der Waals surface area contributed by atoms with Gasteiger partial charge in [-0.15, -0.1) is 11.3 Å². The monoisotopic (exact) mass is 683 g/mol. The molecule has 256 valence electrons. The normalized spacial score (nSPS) is 14.8. The largest absolute Gasteiger partial charge is 0.497 e.